The van der Waals surface area contributed by atoms with E-state index in [0.29, 0.717) is 6.04 Å². The molecule has 3 nitrogen and oxygen atoms in total. The van der Waals surface area contributed by atoms with E-state index in [1.807, 2.05) is 18.5 Å². The number of aromatic nitrogens is 2. The summed E-state index contributed by atoms with van der Waals surface area (Å²) in [7, 11) is 0. The van der Waals surface area contributed by atoms with Crippen molar-refractivity contribution < 1.29 is 0 Å². The summed E-state index contributed by atoms with van der Waals surface area (Å²) < 4.78 is 0. The summed E-state index contributed by atoms with van der Waals surface area (Å²) in [6.07, 6.45) is 8.17. The van der Waals surface area contributed by atoms with Gasteiger partial charge in [0.1, 0.15) is 0 Å². The van der Waals surface area contributed by atoms with Crippen molar-refractivity contribution in [2.75, 3.05) is 6.54 Å². The number of nitrogens with one attached hydrogen (secondary N) is 1. The summed E-state index contributed by atoms with van der Waals surface area (Å²) in [5.74, 6) is 0. The summed E-state index contributed by atoms with van der Waals surface area (Å²) >= 11 is 1.74. The fourth-order valence-electron chi connectivity index (χ4n) is 2.27. The smallest absolute Gasteiger partial charge is 0.0897 e. The predicted molar refractivity (Wildman–Crippen MR) is 85.2 cm³/mol. The highest BCUT2D eigenvalue weighted by molar-refractivity contribution is 7.09. The number of pyridine rings is 1. The van der Waals surface area contributed by atoms with Crippen LogP contribution >= 0.6 is 11.3 Å². The largest absolute Gasteiger partial charge is 0.314 e. The minimum Gasteiger partial charge on any atom is -0.314 e. The molecule has 4 heteroatoms. The van der Waals surface area contributed by atoms with Crippen LogP contribution in [0.1, 0.15) is 36.0 Å². The van der Waals surface area contributed by atoms with Gasteiger partial charge in [0.15, 0.2) is 0 Å². The Bertz CT molecular complexity index is 495. The zero-order chi connectivity index (χ0) is 14.2. The number of thiazole rings is 1. The second-order valence-electron chi connectivity index (χ2n) is 5.11. The van der Waals surface area contributed by atoms with Crippen molar-refractivity contribution in [3.8, 4) is 0 Å². The number of rotatable bonds is 8. The molecule has 1 atom stereocenters. The van der Waals surface area contributed by atoms with Crippen LogP contribution in [0.2, 0.25) is 0 Å². The molecule has 108 valence electrons. The molecule has 2 aromatic heterocycles. The van der Waals surface area contributed by atoms with Gasteiger partial charge in [0, 0.05) is 30.2 Å². The van der Waals surface area contributed by atoms with Crippen molar-refractivity contribution >= 4 is 11.3 Å². The van der Waals surface area contributed by atoms with Crippen LogP contribution in [-0.2, 0) is 12.8 Å². The quantitative estimate of drug-likeness (QED) is 0.809. The molecule has 2 aromatic rings. The van der Waals surface area contributed by atoms with Gasteiger partial charge in [-0.2, -0.15) is 0 Å². The number of hydrogen-bond acceptors (Lipinski definition) is 4. The monoisotopic (exact) mass is 289 g/mol. The van der Waals surface area contributed by atoms with Crippen molar-refractivity contribution in [1.29, 1.82) is 0 Å². The summed E-state index contributed by atoms with van der Waals surface area (Å²) in [5, 5.41) is 6.98. The van der Waals surface area contributed by atoms with E-state index >= 15 is 0 Å². The highest BCUT2D eigenvalue weighted by Crippen LogP contribution is 2.13. The number of aryl methyl sites for hydroxylation is 2. The van der Waals surface area contributed by atoms with E-state index in [2.05, 4.69) is 40.6 Å². The van der Waals surface area contributed by atoms with E-state index in [1.54, 1.807) is 11.3 Å². The molecule has 1 unspecified atom stereocenters. The first-order valence-electron chi connectivity index (χ1n) is 7.31. The van der Waals surface area contributed by atoms with E-state index in [1.165, 1.54) is 17.7 Å². The Kier molecular flexibility index (Phi) is 6.15. The number of hydrogen-bond donors (Lipinski definition) is 1. The van der Waals surface area contributed by atoms with E-state index in [4.69, 9.17) is 0 Å². The fraction of sp³-hybridized carbons (Fsp3) is 0.500. The van der Waals surface area contributed by atoms with Gasteiger partial charge < -0.3 is 5.32 Å². The van der Waals surface area contributed by atoms with Crippen LogP contribution in [0.3, 0.4) is 0 Å². The Hall–Kier alpha value is -1.26. The first kappa shape index (κ1) is 15.1. The molecule has 0 bridgehead atoms. The molecule has 0 aliphatic heterocycles. The lowest BCUT2D eigenvalue weighted by Gasteiger charge is -2.17. The van der Waals surface area contributed by atoms with Gasteiger partial charge in [0.25, 0.3) is 0 Å². The summed E-state index contributed by atoms with van der Waals surface area (Å²) in [6.45, 7) is 5.34. The molecule has 0 saturated carbocycles. The van der Waals surface area contributed by atoms with Gasteiger partial charge in [-0.3, -0.25) is 4.98 Å². The van der Waals surface area contributed by atoms with Crippen LogP contribution in [0.4, 0.5) is 0 Å². The Labute approximate surface area is 125 Å². The van der Waals surface area contributed by atoms with Crippen LogP contribution in [0.25, 0.3) is 0 Å². The average Bonchev–Trinajstić information content (AvgIpc) is 2.88. The van der Waals surface area contributed by atoms with Crippen molar-refractivity contribution in [3.05, 3.63) is 46.2 Å². The minimum absolute atomic E-state index is 0.497. The van der Waals surface area contributed by atoms with Crippen LogP contribution in [0, 0.1) is 6.92 Å². The maximum atomic E-state index is 4.58. The van der Waals surface area contributed by atoms with E-state index < -0.39 is 0 Å². The van der Waals surface area contributed by atoms with Gasteiger partial charge in [-0.15, -0.1) is 11.3 Å². The second kappa shape index (κ2) is 8.12. The van der Waals surface area contributed by atoms with E-state index in [-0.39, 0.29) is 0 Å². The highest BCUT2D eigenvalue weighted by atomic mass is 32.1. The van der Waals surface area contributed by atoms with Gasteiger partial charge in [0.05, 0.1) is 10.7 Å². The normalized spacial score (nSPS) is 12.5. The van der Waals surface area contributed by atoms with Crippen molar-refractivity contribution in [2.45, 2.75) is 45.6 Å². The maximum absolute atomic E-state index is 4.58. The lowest BCUT2D eigenvalue weighted by molar-refractivity contribution is 0.474. The third kappa shape index (κ3) is 5.02. The molecule has 0 aliphatic rings. The Morgan fingerprint density at radius 2 is 2.30 bits per heavy atom. The average molecular weight is 289 g/mol. The molecule has 0 aromatic carbocycles. The van der Waals surface area contributed by atoms with Crippen LogP contribution < -0.4 is 5.32 Å². The molecule has 2 rings (SSSR count). The van der Waals surface area contributed by atoms with Gasteiger partial charge >= 0.3 is 0 Å². The van der Waals surface area contributed by atoms with Gasteiger partial charge in [-0.25, -0.2) is 4.98 Å². The highest BCUT2D eigenvalue weighted by Gasteiger charge is 2.11. The fourth-order valence-corrected chi connectivity index (χ4v) is 2.89. The lowest BCUT2D eigenvalue weighted by atomic mass is 10.0. The molecule has 0 amide bonds. The zero-order valence-corrected chi connectivity index (χ0v) is 13.1. The Balaban J connectivity index is 1.89. The molecule has 2 heterocycles. The molecular weight excluding hydrogens is 266 g/mol. The molecule has 20 heavy (non-hydrogen) atoms. The van der Waals surface area contributed by atoms with Gasteiger partial charge in [-0.05, 0) is 44.4 Å². The van der Waals surface area contributed by atoms with Crippen LogP contribution in [0.5, 0.6) is 0 Å². The first-order valence-corrected chi connectivity index (χ1v) is 8.19. The minimum atomic E-state index is 0.497. The molecular formula is C16H23N3S. The third-order valence-corrected chi connectivity index (χ3v) is 4.13. The topological polar surface area (TPSA) is 37.8 Å². The predicted octanol–water partition coefficient (Wildman–Crippen LogP) is 3.39. The lowest BCUT2D eigenvalue weighted by Crippen LogP contribution is -2.32. The summed E-state index contributed by atoms with van der Waals surface area (Å²) in [6, 6.07) is 4.65. The molecule has 0 radical (unpaired) electrons. The maximum Gasteiger partial charge on any atom is 0.0897 e. The van der Waals surface area contributed by atoms with Crippen LogP contribution in [0.15, 0.2) is 29.9 Å². The van der Waals surface area contributed by atoms with Gasteiger partial charge in [-0.1, -0.05) is 13.0 Å². The third-order valence-electron chi connectivity index (χ3n) is 3.31. The van der Waals surface area contributed by atoms with Crippen molar-refractivity contribution in [3.63, 3.8) is 0 Å². The van der Waals surface area contributed by atoms with Crippen molar-refractivity contribution in [1.82, 2.24) is 15.3 Å². The molecule has 0 fully saturated rings. The molecule has 0 aliphatic carbocycles. The Morgan fingerprint density at radius 3 is 2.95 bits per heavy atom. The molecule has 0 saturated heterocycles. The molecule has 0 spiro atoms. The first-order chi connectivity index (χ1) is 9.78. The summed E-state index contributed by atoms with van der Waals surface area (Å²) in [4.78, 5) is 8.76. The second-order valence-corrected chi connectivity index (χ2v) is 6.18. The van der Waals surface area contributed by atoms with E-state index in [9.17, 15) is 0 Å². The SMILES string of the molecule is CCCNC(CCc1cccnc1)Cc1csc(C)n1. The summed E-state index contributed by atoms with van der Waals surface area (Å²) in [5.41, 5.74) is 2.53. The van der Waals surface area contributed by atoms with Gasteiger partial charge in [0.2, 0.25) is 0 Å². The number of nitrogens with zero attached hydrogens (tertiary/aromatic N) is 2. The standard InChI is InChI=1S/C16H23N3S/c1-3-8-18-15(10-16-12-20-13(2)19-16)7-6-14-5-4-9-17-11-14/h4-5,9,11-12,15,18H,3,6-8,10H2,1-2H3. The molecule has 1 N–H and O–H groups in total. The van der Waals surface area contributed by atoms with Crippen LogP contribution in [-0.4, -0.2) is 22.6 Å². The van der Waals surface area contributed by atoms with Crippen molar-refractivity contribution in [2.24, 2.45) is 0 Å². The zero-order valence-electron chi connectivity index (χ0n) is 12.3. The Morgan fingerprint density at radius 1 is 1.40 bits per heavy atom. The van der Waals surface area contributed by atoms with E-state index in [0.717, 1.165) is 30.8 Å².